The summed E-state index contributed by atoms with van der Waals surface area (Å²) < 4.78 is 1.80. The third-order valence-corrected chi connectivity index (χ3v) is 7.07. The first-order valence-electron chi connectivity index (χ1n) is 9.51. The van der Waals surface area contributed by atoms with Crippen LogP contribution >= 0.6 is 23.1 Å². The van der Waals surface area contributed by atoms with E-state index in [-0.39, 0.29) is 11.9 Å². The van der Waals surface area contributed by atoms with Crippen LogP contribution in [0, 0.1) is 0 Å². The lowest BCUT2D eigenvalue weighted by molar-refractivity contribution is -0.129. The summed E-state index contributed by atoms with van der Waals surface area (Å²) in [5.74, 6) is 0.526. The molecule has 6 nitrogen and oxygen atoms in total. The number of likely N-dealkylation sites (tertiary alicyclic amines) is 1. The molecule has 1 saturated heterocycles. The highest BCUT2D eigenvalue weighted by atomic mass is 32.2. The maximum absolute atomic E-state index is 12.9. The summed E-state index contributed by atoms with van der Waals surface area (Å²) in [7, 11) is 0. The molecule has 0 bridgehead atoms. The first-order chi connectivity index (χ1) is 14.3. The summed E-state index contributed by atoms with van der Waals surface area (Å²) in [4.78, 5) is 25.0. The smallest absolute Gasteiger partial charge is 0.233 e. The van der Waals surface area contributed by atoms with E-state index in [9.17, 15) is 4.79 Å². The van der Waals surface area contributed by atoms with E-state index in [0.29, 0.717) is 5.75 Å². The van der Waals surface area contributed by atoms with Crippen molar-refractivity contribution in [1.82, 2.24) is 24.6 Å². The zero-order valence-corrected chi connectivity index (χ0v) is 17.3. The maximum Gasteiger partial charge on any atom is 0.233 e. The average Bonchev–Trinajstić information content (AvgIpc) is 3.52. The van der Waals surface area contributed by atoms with Crippen molar-refractivity contribution >= 4 is 40.0 Å². The Bertz CT molecular complexity index is 1130. The summed E-state index contributed by atoms with van der Waals surface area (Å²) in [5.41, 5.74) is 1.70. The van der Waals surface area contributed by atoms with Gasteiger partial charge in [-0.3, -0.25) is 4.79 Å². The molecular weight excluding hydrogens is 402 g/mol. The molecule has 1 aromatic carbocycles. The van der Waals surface area contributed by atoms with Gasteiger partial charge in [-0.25, -0.2) is 14.6 Å². The second kappa shape index (κ2) is 7.96. The molecule has 0 radical (unpaired) electrons. The molecule has 146 valence electrons. The van der Waals surface area contributed by atoms with E-state index in [0.717, 1.165) is 41.1 Å². The van der Waals surface area contributed by atoms with E-state index in [4.69, 9.17) is 0 Å². The number of para-hydroxylation sites is 1. The SMILES string of the molecule is O=C(CSc1ncnc2c1cnn2-c1ccccc1)N1CCCC1c1cccs1. The molecule has 1 atom stereocenters. The number of carbonyl (C=O) groups is 1. The lowest BCUT2D eigenvalue weighted by Crippen LogP contribution is -2.31. The first-order valence-corrected chi connectivity index (χ1v) is 11.4. The molecule has 1 unspecified atom stereocenters. The van der Waals surface area contributed by atoms with Crippen molar-refractivity contribution in [3.63, 3.8) is 0 Å². The highest BCUT2D eigenvalue weighted by molar-refractivity contribution is 8.00. The zero-order chi connectivity index (χ0) is 19.6. The molecule has 1 fully saturated rings. The summed E-state index contributed by atoms with van der Waals surface area (Å²) in [6.07, 6.45) is 5.42. The van der Waals surface area contributed by atoms with Crippen LogP contribution in [0.4, 0.5) is 0 Å². The predicted molar refractivity (Wildman–Crippen MR) is 115 cm³/mol. The standard InChI is InChI=1S/C21H19N5OS2/c27-19(25-10-4-8-17(25)18-9-5-11-28-18)13-29-21-16-12-24-26(20(16)22-14-23-21)15-6-2-1-3-7-15/h1-3,5-7,9,11-12,14,17H,4,8,10,13H2. The highest BCUT2D eigenvalue weighted by Crippen LogP contribution is 2.35. The summed E-state index contributed by atoms with van der Waals surface area (Å²) in [6.45, 7) is 0.826. The van der Waals surface area contributed by atoms with E-state index in [1.165, 1.54) is 16.6 Å². The number of nitrogens with zero attached hydrogens (tertiary/aromatic N) is 5. The molecular formula is C21H19N5OS2. The molecule has 4 heterocycles. The fraction of sp³-hybridized carbons (Fsp3) is 0.238. The maximum atomic E-state index is 12.9. The molecule has 1 amide bonds. The van der Waals surface area contributed by atoms with Gasteiger partial charge in [0.05, 0.1) is 29.1 Å². The van der Waals surface area contributed by atoms with Crippen molar-refractivity contribution in [2.75, 3.05) is 12.3 Å². The number of carbonyl (C=O) groups excluding carboxylic acids is 1. The van der Waals surface area contributed by atoms with Gasteiger partial charge in [-0.1, -0.05) is 36.0 Å². The number of rotatable bonds is 5. The quantitative estimate of drug-likeness (QED) is 0.354. The minimum Gasteiger partial charge on any atom is -0.334 e. The summed E-state index contributed by atoms with van der Waals surface area (Å²) in [6, 6.07) is 14.3. The number of hydrogen-bond acceptors (Lipinski definition) is 6. The van der Waals surface area contributed by atoms with Crippen LogP contribution in [0.3, 0.4) is 0 Å². The van der Waals surface area contributed by atoms with Gasteiger partial charge in [-0.2, -0.15) is 5.10 Å². The molecule has 5 rings (SSSR count). The fourth-order valence-corrected chi connectivity index (χ4v) is 5.47. The van der Waals surface area contributed by atoms with E-state index < -0.39 is 0 Å². The Morgan fingerprint density at radius 2 is 2.07 bits per heavy atom. The first kappa shape index (κ1) is 18.3. The van der Waals surface area contributed by atoms with E-state index in [1.807, 2.05) is 35.2 Å². The normalized spacial score (nSPS) is 16.6. The largest absolute Gasteiger partial charge is 0.334 e. The van der Waals surface area contributed by atoms with E-state index in [1.54, 1.807) is 28.5 Å². The van der Waals surface area contributed by atoms with Crippen LogP contribution in [0.1, 0.15) is 23.8 Å². The van der Waals surface area contributed by atoms with Crippen molar-refractivity contribution in [1.29, 1.82) is 0 Å². The molecule has 1 aliphatic rings. The lowest BCUT2D eigenvalue weighted by atomic mass is 10.2. The van der Waals surface area contributed by atoms with Gasteiger partial charge in [-0.15, -0.1) is 11.3 Å². The number of hydrogen-bond donors (Lipinski definition) is 0. The van der Waals surface area contributed by atoms with Crippen molar-refractivity contribution in [2.24, 2.45) is 0 Å². The Balaban J connectivity index is 1.35. The molecule has 1 aliphatic heterocycles. The summed E-state index contributed by atoms with van der Waals surface area (Å²) in [5, 5.41) is 8.22. The predicted octanol–water partition coefficient (Wildman–Crippen LogP) is 4.33. The van der Waals surface area contributed by atoms with Gasteiger partial charge in [-0.05, 0) is 36.4 Å². The van der Waals surface area contributed by atoms with Crippen LogP contribution in [0.15, 0.2) is 65.4 Å². The number of aromatic nitrogens is 4. The van der Waals surface area contributed by atoms with Crippen molar-refractivity contribution in [3.05, 3.63) is 65.2 Å². The van der Waals surface area contributed by atoms with Gasteiger partial charge in [0.15, 0.2) is 5.65 Å². The zero-order valence-electron chi connectivity index (χ0n) is 15.6. The molecule has 0 spiro atoms. The Kier molecular flexibility index (Phi) is 5.03. The Hall–Kier alpha value is -2.71. The molecule has 0 N–H and O–H groups in total. The highest BCUT2D eigenvalue weighted by Gasteiger charge is 2.30. The number of amides is 1. The van der Waals surface area contributed by atoms with Crippen molar-refractivity contribution in [2.45, 2.75) is 23.9 Å². The van der Waals surface area contributed by atoms with Gasteiger partial charge in [0, 0.05) is 11.4 Å². The number of thiophene rings is 1. The molecule has 8 heteroatoms. The van der Waals surface area contributed by atoms with Crippen LogP contribution in [0.5, 0.6) is 0 Å². The van der Waals surface area contributed by atoms with Crippen LogP contribution < -0.4 is 0 Å². The molecule has 3 aromatic heterocycles. The second-order valence-corrected chi connectivity index (χ2v) is 8.80. The van der Waals surface area contributed by atoms with Crippen LogP contribution in [-0.4, -0.2) is 42.9 Å². The van der Waals surface area contributed by atoms with Crippen molar-refractivity contribution in [3.8, 4) is 5.69 Å². The fourth-order valence-electron chi connectivity index (χ4n) is 3.75. The third-order valence-electron chi connectivity index (χ3n) is 5.11. The average molecular weight is 422 g/mol. The molecule has 29 heavy (non-hydrogen) atoms. The lowest BCUT2D eigenvalue weighted by Gasteiger charge is -2.23. The van der Waals surface area contributed by atoms with Crippen LogP contribution in [0.2, 0.25) is 0 Å². The van der Waals surface area contributed by atoms with E-state index >= 15 is 0 Å². The monoisotopic (exact) mass is 421 g/mol. The van der Waals surface area contributed by atoms with Gasteiger partial charge in [0.25, 0.3) is 0 Å². The third kappa shape index (κ3) is 3.54. The van der Waals surface area contributed by atoms with Gasteiger partial charge < -0.3 is 4.90 Å². The van der Waals surface area contributed by atoms with Crippen LogP contribution in [0.25, 0.3) is 16.7 Å². The van der Waals surface area contributed by atoms with Crippen molar-refractivity contribution < 1.29 is 4.79 Å². The summed E-state index contributed by atoms with van der Waals surface area (Å²) >= 11 is 3.19. The molecule has 0 saturated carbocycles. The number of thioether (sulfide) groups is 1. The second-order valence-electron chi connectivity index (χ2n) is 6.86. The van der Waals surface area contributed by atoms with Gasteiger partial charge >= 0.3 is 0 Å². The number of fused-ring (bicyclic) bond motifs is 1. The Morgan fingerprint density at radius 1 is 1.17 bits per heavy atom. The molecule has 4 aromatic rings. The van der Waals surface area contributed by atoms with E-state index in [2.05, 4.69) is 32.6 Å². The minimum absolute atomic E-state index is 0.160. The number of benzene rings is 1. The van der Waals surface area contributed by atoms with Crippen LogP contribution in [-0.2, 0) is 4.79 Å². The topological polar surface area (TPSA) is 63.9 Å². The Labute approximate surface area is 176 Å². The minimum atomic E-state index is 0.160. The Morgan fingerprint density at radius 3 is 2.90 bits per heavy atom. The molecule has 0 aliphatic carbocycles. The van der Waals surface area contributed by atoms with Gasteiger partial charge in [0.2, 0.25) is 5.91 Å². The van der Waals surface area contributed by atoms with Gasteiger partial charge in [0.1, 0.15) is 11.4 Å².